The quantitative estimate of drug-likeness (QED) is 0.692. The maximum absolute atomic E-state index is 13.1. The van der Waals surface area contributed by atoms with Crippen LogP contribution in [0.3, 0.4) is 0 Å². The Morgan fingerprint density at radius 3 is 2.45 bits per heavy atom. The van der Waals surface area contributed by atoms with Gasteiger partial charge >= 0.3 is 0 Å². The summed E-state index contributed by atoms with van der Waals surface area (Å²) in [5.74, 6) is 0.880. The molecule has 5 heteroatoms. The van der Waals surface area contributed by atoms with Crippen molar-refractivity contribution >= 4 is 0 Å². The highest BCUT2D eigenvalue weighted by molar-refractivity contribution is 5.57. The van der Waals surface area contributed by atoms with Crippen LogP contribution in [0.1, 0.15) is 35.4 Å². The van der Waals surface area contributed by atoms with Crippen molar-refractivity contribution in [2.24, 2.45) is 0 Å². The van der Waals surface area contributed by atoms with Gasteiger partial charge in [-0.2, -0.15) is 0 Å². The lowest BCUT2D eigenvalue weighted by Crippen LogP contribution is -2.33. The predicted octanol–water partition coefficient (Wildman–Crippen LogP) is 3.47. The van der Waals surface area contributed by atoms with Crippen molar-refractivity contribution in [1.29, 1.82) is 0 Å². The van der Waals surface area contributed by atoms with Crippen molar-refractivity contribution in [3.8, 4) is 11.3 Å². The van der Waals surface area contributed by atoms with Gasteiger partial charge in [-0.3, -0.25) is 14.3 Å². The summed E-state index contributed by atoms with van der Waals surface area (Å²) < 4.78 is 1.87. The molecule has 148 valence electrons. The minimum atomic E-state index is -0.0414. The molecule has 0 radical (unpaired) electrons. The fourth-order valence-electron chi connectivity index (χ4n) is 5.13. The Kier molecular flexibility index (Phi) is 4.36. The van der Waals surface area contributed by atoms with Crippen LogP contribution in [-0.4, -0.2) is 32.8 Å². The van der Waals surface area contributed by atoms with E-state index in [-0.39, 0.29) is 11.0 Å². The number of hydrogen-bond donors (Lipinski definition) is 0. The first-order chi connectivity index (χ1) is 14.0. The van der Waals surface area contributed by atoms with E-state index in [4.69, 9.17) is 0 Å². The topological polar surface area (TPSA) is 51.0 Å². The summed E-state index contributed by atoms with van der Waals surface area (Å²) >= 11 is 0. The van der Waals surface area contributed by atoms with Gasteiger partial charge in [0.25, 0.3) is 5.56 Å². The highest BCUT2D eigenvalue weighted by Crippen LogP contribution is 2.41. The van der Waals surface area contributed by atoms with E-state index in [2.05, 4.69) is 47.1 Å². The average molecular weight is 386 g/mol. The highest BCUT2D eigenvalue weighted by Gasteiger charge is 2.46. The molecule has 0 aliphatic carbocycles. The fraction of sp³-hybridized carbons (Fsp3) is 0.375. The molecule has 0 N–H and O–H groups in total. The van der Waals surface area contributed by atoms with Gasteiger partial charge in [0.15, 0.2) is 5.69 Å². The van der Waals surface area contributed by atoms with Crippen molar-refractivity contribution in [2.75, 3.05) is 13.1 Å². The van der Waals surface area contributed by atoms with Gasteiger partial charge in [0, 0.05) is 30.6 Å². The second kappa shape index (κ2) is 6.92. The molecule has 29 heavy (non-hydrogen) atoms. The largest absolute Gasteiger partial charge is 0.298 e. The summed E-state index contributed by atoms with van der Waals surface area (Å²) in [6.07, 6.45) is 2.01. The molecule has 0 saturated carbocycles. The Labute approximate surface area is 171 Å². The Morgan fingerprint density at radius 2 is 1.69 bits per heavy atom. The molecule has 0 amide bonds. The van der Waals surface area contributed by atoms with Gasteiger partial charge in [-0.1, -0.05) is 59.7 Å². The van der Waals surface area contributed by atoms with E-state index >= 15 is 0 Å². The first-order valence-corrected chi connectivity index (χ1v) is 10.4. The second-order valence-corrected chi connectivity index (χ2v) is 8.68. The van der Waals surface area contributed by atoms with Crippen LogP contribution in [0.25, 0.3) is 11.3 Å². The summed E-state index contributed by atoms with van der Waals surface area (Å²) in [6.45, 7) is 7.97. The number of aryl methyl sites for hydroxylation is 2. The molecule has 5 nitrogen and oxygen atoms in total. The Morgan fingerprint density at radius 1 is 0.966 bits per heavy atom. The molecule has 2 aliphatic heterocycles. The fourth-order valence-corrected chi connectivity index (χ4v) is 5.13. The van der Waals surface area contributed by atoms with Crippen LogP contribution >= 0.6 is 0 Å². The third-order valence-corrected chi connectivity index (χ3v) is 6.40. The zero-order chi connectivity index (χ0) is 20.0. The normalized spacial score (nSPS) is 21.0. The molecule has 1 fully saturated rings. The summed E-state index contributed by atoms with van der Waals surface area (Å²) in [4.78, 5) is 15.6. The van der Waals surface area contributed by atoms with Crippen molar-refractivity contribution in [1.82, 2.24) is 19.7 Å². The van der Waals surface area contributed by atoms with Crippen LogP contribution in [0.15, 0.2) is 53.3 Å². The SMILES string of the molecule is Cc1cc(C)cc(CN2CC[C@]3(CCn4c3nnc(-c3ccccc3)c4=O)C2)c1. The zero-order valence-electron chi connectivity index (χ0n) is 17.1. The third kappa shape index (κ3) is 3.19. The monoisotopic (exact) mass is 386 g/mol. The van der Waals surface area contributed by atoms with Crippen molar-refractivity contribution in [3.05, 3.63) is 81.4 Å². The van der Waals surface area contributed by atoms with Crippen LogP contribution in [0, 0.1) is 13.8 Å². The van der Waals surface area contributed by atoms with E-state index in [9.17, 15) is 4.79 Å². The van der Waals surface area contributed by atoms with Gasteiger partial charge in [0.05, 0.1) is 0 Å². The molecular weight excluding hydrogens is 360 g/mol. The van der Waals surface area contributed by atoms with Gasteiger partial charge in [-0.25, -0.2) is 0 Å². The van der Waals surface area contributed by atoms with Crippen molar-refractivity contribution in [3.63, 3.8) is 0 Å². The van der Waals surface area contributed by atoms with Crippen LogP contribution in [0.2, 0.25) is 0 Å². The maximum atomic E-state index is 13.1. The number of fused-ring (bicyclic) bond motifs is 2. The first-order valence-electron chi connectivity index (χ1n) is 10.4. The number of benzene rings is 2. The van der Waals surface area contributed by atoms with E-state index in [0.717, 1.165) is 50.4 Å². The van der Waals surface area contributed by atoms with E-state index in [1.54, 1.807) is 0 Å². The Balaban J connectivity index is 1.42. The smallest absolute Gasteiger partial charge is 0.280 e. The molecular formula is C24H26N4O. The molecule has 1 aromatic heterocycles. The van der Waals surface area contributed by atoms with E-state index in [0.29, 0.717) is 5.69 Å². The third-order valence-electron chi connectivity index (χ3n) is 6.40. The van der Waals surface area contributed by atoms with Gasteiger partial charge in [0.2, 0.25) is 0 Å². The minimum Gasteiger partial charge on any atom is -0.298 e. The number of hydrogen-bond acceptors (Lipinski definition) is 4. The van der Waals surface area contributed by atoms with Crippen LogP contribution in [0.4, 0.5) is 0 Å². The van der Waals surface area contributed by atoms with Gasteiger partial charge in [-0.05, 0) is 38.8 Å². The lowest BCUT2D eigenvalue weighted by Gasteiger charge is -2.23. The second-order valence-electron chi connectivity index (χ2n) is 8.68. The first kappa shape index (κ1) is 18.3. The summed E-state index contributed by atoms with van der Waals surface area (Å²) in [6, 6.07) is 16.4. The molecule has 1 atom stereocenters. The summed E-state index contributed by atoms with van der Waals surface area (Å²) in [7, 11) is 0. The number of nitrogens with zero attached hydrogens (tertiary/aromatic N) is 4. The molecule has 2 aromatic carbocycles. The molecule has 1 saturated heterocycles. The molecule has 3 heterocycles. The number of rotatable bonds is 3. The highest BCUT2D eigenvalue weighted by atomic mass is 16.1. The maximum Gasteiger partial charge on any atom is 0.280 e. The van der Waals surface area contributed by atoms with E-state index in [1.807, 2.05) is 34.9 Å². The van der Waals surface area contributed by atoms with Crippen LogP contribution < -0.4 is 5.56 Å². The van der Waals surface area contributed by atoms with E-state index in [1.165, 1.54) is 16.7 Å². The lowest BCUT2D eigenvalue weighted by molar-refractivity contribution is 0.299. The Hall–Kier alpha value is -2.79. The van der Waals surface area contributed by atoms with Gasteiger partial charge < -0.3 is 0 Å². The van der Waals surface area contributed by atoms with E-state index < -0.39 is 0 Å². The van der Waals surface area contributed by atoms with Gasteiger partial charge in [-0.15, -0.1) is 10.2 Å². The van der Waals surface area contributed by atoms with Crippen molar-refractivity contribution in [2.45, 2.75) is 45.2 Å². The predicted molar refractivity (Wildman–Crippen MR) is 114 cm³/mol. The summed E-state index contributed by atoms with van der Waals surface area (Å²) in [5.41, 5.74) is 5.23. The van der Waals surface area contributed by atoms with Crippen molar-refractivity contribution < 1.29 is 0 Å². The molecule has 5 rings (SSSR count). The number of aromatic nitrogens is 3. The molecule has 2 aliphatic rings. The van der Waals surface area contributed by atoms with Gasteiger partial charge in [0.1, 0.15) is 5.82 Å². The summed E-state index contributed by atoms with van der Waals surface area (Å²) in [5, 5.41) is 8.96. The van der Waals surface area contributed by atoms with Crippen LogP contribution in [-0.2, 0) is 18.5 Å². The molecule has 0 unspecified atom stereocenters. The Bertz CT molecular complexity index is 1100. The number of likely N-dealkylation sites (tertiary alicyclic amines) is 1. The lowest BCUT2D eigenvalue weighted by atomic mass is 9.85. The van der Waals surface area contributed by atoms with Crippen LogP contribution in [0.5, 0.6) is 0 Å². The molecule has 0 bridgehead atoms. The molecule has 3 aromatic rings. The standard InChI is InChI=1S/C24H26N4O/c1-17-12-18(2)14-19(13-17)15-27-10-8-24(16-27)9-11-28-22(29)21(25-26-23(24)28)20-6-4-3-5-7-20/h3-7,12-14H,8-11,15-16H2,1-2H3/t24-/m0/s1. The zero-order valence-corrected chi connectivity index (χ0v) is 17.1. The molecule has 1 spiro atoms. The average Bonchev–Trinajstić information content (AvgIpc) is 3.27. The minimum absolute atomic E-state index is 0.00849.